The van der Waals surface area contributed by atoms with Crippen LogP contribution in [0.4, 0.5) is 5.69 Å². The molecule has 1 spiro atoms. The van der Waals surface area contributed by atoms with E-state index in [-0.39, 0.29) is 19.6 Å². The summed E-state index contributed by atoms with van der Waals surface area (Å²) in [6.07, 6.45) is 4.05. The lowest BCUT2D eigenvalue weighted by atomic mass is 9.70. The van der Waals surface area contributed by atoms with E-state index in [1.807, 2.05) is 48.5 Å². The van der Waals surface area contributed by atoms with Crippen LogP contribution in [-0.2, 0) is 28.7 Å². The summed E-state index contributed by atoms with van der Waals surface area (Å²) in [6, 6.07) is 22.5. The number of anilines is 1. The summed E-state index contributed by atoms with van der Waals surface area (Å²) in [6.45, 7) is 7.10. The standard InChI is InChI=1S/C41H45N3O8/c1-4-6-17-34(46)51-26-31(27-13-9-7-10-14-27)42-38(47)35-33-22-23-41(52-33)36(35)39(48)44(32(25-45)28-15-11-8-12-16-28)37(41)40(49)43(24-5-2)29-18-20-30(50-3)21-19-29/h4-5,7-16,18-21,31-33,35-37,45H,1-2,6,17,22-26H2,3H3,(H,42,47)/t31-,32+,33+,35-,36-,37+,41-/m0/s1. The second kappa shape index (κ2) is 16.0. The number of nitrogens with zero attached hydrogens (tertiary/aromatic N) is 2. The Balaban J connectivity index is 1.37. The van der Waals surface area contributed by atoms with Gasteiger partial charge in [-0.15, -0.1) is 13.2 Å². The monoisotopic (exact) mass is 707 g/mol. The van der Waals surface area contributed by atoms with Gasteiger partial charge < -0.3 is 34.4 Å². The van der Waals surface area contributed by atoms with E-state index in [0.29, 0.717) is 36.3 Å². The predicted molar refractivity (Wildman–Crippen MR) is 194 cm³/mol. The highest BCUT2D eigenvalue weighted by Crippen LogP contribution is 2.60. The summed E-state index contributed by atoms with van der Waals surface area (Å²) in [5, 5.41) is 13.9. The van der Waals surface area contributed by atoms with Crippen LogP contribution < -0.4 is 15.0 Å². The van der Waals surface area contributed by atoms with Crippen LogP contribution in [0.5, 0.6) is 5.75 Å². The van der Waals surface area contributed by atoms with Crippen molar-refractivity contribution in [1.82, 2.24) is 10.2 Å². The summed E-state index contributed by atoms with van der Waals surface area (Å²) < 4.78 is 17.6. The molecule has 3 aliphatic rings. The molecule has 3 saturated heterocycles. The lowest BCUT2D eigenvalue weighted by Gasteiger charge is -2.39. The predicted octanol–water partition coefficient (Wildman–Crippen LogP) is 4.69. The Kier molecular flexibility index (Phi) is 11.2. The minimum absolute atomic E-state index is 0.111. The van der Waals surface area contributed by atoms with Gasteiger partial charge in [-0.2, -0.15) is 0 Å². The van der Waals surface area contributed by atoms with E-state index in [4.69, 9.17) is 14.2 Å². The molecule has 3 aromatic carbocycles. The molecule has 0 unspecified atom stereocenters. The second-order valence-corrected chi connectivity index (χ2v) is 13.3. The van der Waals surface area contributed by atoms with Gasteiger partial charge in [0.1, 0.15) is 24.0 Å². The Hall–Kier alpha value is -5.26. The van der Waals surface area contributed by atoms with Crippen molar-refractivity contribution >= 4 is 29.4 Å². The number of hydrogen-bond acceptors (Lipinski definition) is 8. The number of carbonyl (C=O) groups excluding carboxylic acids is 4. The minimum Gasteiger partial charge on any atom is -0.497 e. The summed E-state index contributed by atoms with van der Waals surface area (Å²) in [4.78, 5) is 59.8. The lowest BCUT2D eigenvalue weighted by molar-refractivity contribution is -0.146. The fourth-order valence-corrected chi connectivity index (χ4v) is 8.04. The maximum absolute atomic E-state index is 15.0. The third kappa shape index (κ3) is 6.86. The van der Waals surface area contributed by atoms with Gasteiger partial charge in [-0.05, 0) is 54.7 Å². The maximum Gasteiger partial charge on any atom is 0.306 e. The third-order valence-corrected chi connectivity index (χ3v) is 10.4. The normalized spacial score (nSPS) is 24.0. The number of aliphatic hydroxyl groups is 1. The number of amides is 3. The molecule has 3 aliphatic heterocycles. The molecule has 11 nitrogen and oxygen atoms in total. The Morgan fingerprint density at radius 3 is 2.31 bits per heavy atom. The number of allylic oxidation sites excluding steroid dienone is 1. The SMILES string of the molecule is C=CCCC(=O)OC[C@H](NC(=O)[C@@H]1[C@H]2C(=O)N([C@H](CO)c3ccccc3)[C@H](C(=O)N(CC=C)c3ccc(OC)cc3)[C@]23CC[C@H]1O3)c1ccccc1. The smallest absolute Gasteiger partial charge is 0.306 e. The number of ether oxygens (including phenoxy) is 3. The number of rotatable bonds is 16. The molecular formula is C41H45N3O8. The molecule has 2 bridgehead atoms. The number of carbonyl (C=O) groups is 4. The number of nitrogens with one attached hydrogen (secondary N) is 1. The quantitative estimate of drug-likeness (QED) is 0.162. The van der Waals surface area contributed by atoms with Gasteiger partial charge in [-0.3, -0.25) is 19.2 Å². The average molecular weight is 708 g/mol. The highest BCUT2D eigenvalue weighted by atomic mass is 16.5. The molecule has 3 amide bonds. The van der Waals surface area contributed by atoms with Crippen molar-refractivity contribution in [3.8, 4) is 5.75 Å². The molecule has 3 aromatic rings. The fraction of sp³-hybridized carbons (Fsp3) is 0.366. The molecule has 11 heteroatoms. The summed E-state index contributed by atoms with van der Waals surface area (Å²) in [5.74, 6) is -3.04. The van der Waals surface area contributed by atoms with Gasteiger partial charge in [0.2, 0.25) is 11.8 Å². The van der Waals surface area contributed by atoms with E-state index in [0.717, 1.165) is 5.56 Å². The van der Waals surface area contributed by atoms with Gasteiger partial charge in [-0.25, -0.2) is 0 Å². The molecule has 0 aliphatic carbocycles. The molecule has 7 atom stereocenters. The van der Waals surface area contributed by atoms with E-state index >= 15 is 4.79 Å². The second-order valence-electron chi connectivity index (χ2n) is 13.3. The number of benzene rings is 3. The van der Waals surface area contributed by atoms with Crippen molar-refractivity contribution in [1.29, 1.82) is 0 Å². The van der Waals surface area contributed by atoms with Crippen molar-refractivity contribution in [2.45, 2.75) is 55.5 Å². The first-order chi connectivity index (χ1) is 25.3. The number of esters is 1. The van der Waals surface area contributed by atoms with Crippen LogP contribution in [0.25, 0.3) is 0 Å². The lowest BCUT2D eigenvalue weighted by Crippen LogP contribution is -2.57. The van der Waals surface area contributed by atoms with Gasteiger partial charge in [0.15, 0.2) is 0 Å². The molecule has 0 radical (unpaired) electrons. The molecule has 0 aromatic heterocycles. The van der Waals surface area contributed by atoms with E-state index in [1.54, 1.807) is 60.6 Å². The zero-order valence-corrected chi connectivity index (χ0v) is 29.3. The van der Waals surface area contributed by atoms with Gasteiger partial charge in [0, 0.05) is 18.7 Å². The highest BCUT2D eigenvalue weighted by molar-refractivity contribution is 6.05. The van der Waals surface area contributed by atoms with Crippen LogP contribution in [0.1, 0.15) is 48.9 Å². The Bertz CT molecular complexity index is 1770. The first kappa shape index (κ1) is 36.5. The summed E-state index contributed by atoms with van der Waals surface area (Å²) >= 11 is 0. The van der Waals surface area contributed by atoms with Gasteiger partial charge in [0.25, 0.3) is 5.91 Å². The van der Waals surface area contributed by atoms with Crippen LogP contribution >= 0.6 is 0 Å². The maximum atomic E-state index is 15.0. The highest BCUT2D eigenvalue weighted by Gasteiger charge is 2.75. The van der Waals surface area contributed by atoms with Crippen molar-refractivity contribution in [3.63, 3.8) is 0 Å². The largest absolute Gasteiger partial charge is 0.497 e. The van der Waals surface area contributed by atoms with Gasteiger partial charge in [0.05, 0.1) is 43.7 Å². The van der Waals surface area contributed by atoms with Crippen molar-refractivity contribution in [2.24, 2.45) is 11.8 Å². The van der Waals surface area contributed by atoms with Crippen LogP contribution in [0.15, 0.2) is 110 Å². The average Bonchev–Trinajstić information content (AvgIpc) is 3.83. The Morgan fingerprint density at radius 2 is 1.69 bits per heavy atom. The number of aliphatic hydroxyl groups excluding tert-OH is 1. The first-order valence-electron chi connectivity index (χ1n) is 17.6. The Labute approximate surface area is 303 Å². The molecule has 3 heterocycles. The van der Waals surface area contributed by atoms with E-state index in [9.17, 15) is 19.5 Å². The van der Waals surface area contributed by atoms with Crippen LogP contribution in [0.2, 0.25) is 0 Å². The van der Waals surface area contributed by atoms with Crippen LogP contribution in [0.3, 0.4) is 0 Å². The number of likely N-dealkylation sites (tertiary alicyclic amines) is 1. The van der Waals surface area contributed by atoms with Crippen molar-refractivity contribution < 1.29 is 38.5 Å². The third-order valence-electron chi connectivity index (χ3n) is 10.4. The molecule has 52 heavy (non-hydrogen) atoms. The molecule has 2 N–H and O–H groups in total. The van der Waals surface area contributed by atoms with Crippen LogP contribution in [-0.4, -0.2) is 78.3 Å². The minimum atomic E-state index is -1.34. The summed E-state index contributed by atoms with van der Waals surface area (Å²) in [7, 11) is 1.56. The van der Waals surface area contributed by atoms with Gasteiger partial charge >= 0.3 is 5.97 Å². The van der Waals surface area contributed by atoms with Crippen molar-refractivity contribution in [3.05, 3.63) is 121 Å². The first-order valence-corrected chi connectivity index (χ1v) is 17.6. The number of fused-ring (bicyclic) bond motifs is 1. The fourth-order valence-electron chi connectivity index (χ4n) is 8.04. The zero-order chi connectivity index (χ0) is 36.8. The molecule has 3 fully saturated rings. The number of hydrogen-bond donors (Lipinski definition) is 2. The zero-order valence-electron chi connectivity index (χ0n) is 29.3. The van der Waals surface area contributed by atoms with E-state index in [2.05, 4.69) is 18.5 Å². The number of methoxy groups -OCH3 is 1. The molecule has 0 saturated carbocycles. The van der Waals surface area contributed by atoms with E-state index < -0.39 is 72.0 Å². The van der Waals surface area contributed by atoms with Crippen molar-refractivity contribution in [2.75, 3.05) is 31.8 Å². The molecule has 272 valence electrons. The summed E-state index contributed by atoms with van der Waals surface area (Å²) in [5.41, 5.74) is 0.593. The molecular weight excluding hydrogens is 662 g/mol. The van der Waals surface area contributed by atoms with Crippen LogP contribution in [0, 0.1) is 11.8 Å². The van der Waals surface area contributed by atoms with E-state index in [1.165, 1.54) is 4.90 Å². The Morgan fingerprint density at radius 1 is 1.02 bits per heavy atom. The topological polar surface area (TPSA) is 135 Å². The molecule has 6 rings (SSSR count). The van der Waals surface area contributed by atoms with Gasteiger partial charge in [-0.1, -0.05) is 72.8 Å².